The van der Waals surface area contributed by atoms with Crippen molar-refractivity contribution in [3.8, 4) is 0 Å². The molecule has 0 saturated heterocycles. The van der Waals surface area contributed by atoms with Crippen molar-refractivity contribution >= 4 is 15.9 Å². The van der Waals surface area contributed by atoms with Crippen molar-refractivity contribution < 1.29 is 13.2 Å². The summed E-state index contributed by atoms with van der Waals surface area (Å²) in [4.78, 5) is 2.16. The van der Waals surface area contributed by atoms with Crippen LogP contribution in [0.25, 0.3) is 0 Å². The van der Waals surface area contributed by atoms with Gasteiger partial charge in [0.1, 0.15) is 0 Å². The number of hydrogen-bond donors (Lipinski definition) is 0. The topological polar surface area (TPSA) is 3.24 Å². The van der Waals surface area contributed by atoms with Gasteiger partial charge < -0.3 is 0 Å². The third-order valence-electron chi connectivity index (χ3n) is 2.54. The van der Waals surface area contributed by atoms with Gasteiger partial charge in [-0.3, -0.25) is 4.90 Å². The SMILES string of the molecule is CCN(CCBr)Cc1ccc(C(F)(F)F)cc1. The van der Waals surface area contributed by atoms with E-state index < -0.39 is 11.7 Å². The van der Waals surface area contributed by atoms with E-state index in [0.29, 0.717) is 6.54 Å². The van der Waals surface area contributed by atoms with Crippen LogP contribution >= 0.6 is 15.9 Å². The van der Waals surface area contributed by atoms with Gasteiger partial charge in [-0.2, -0.15) is 13.2 Å². The smallest absolute Gasteiger partial charge is 0.299 e. The largest absolute Gasteiger partial charge is 0.416 e. The monoisotopic (exact) mass is 309 g/mol. The zero-order valence-electron chi connectivity index (χ0n) is 9.60. The van der Waals surface area contributed by atoms with Crippen molar-refractivity contribution in [1.29, 1.82) is 0 Å². The van der Waals surface area contributed by atoms with E-state index in [4.69, 9.17) is 0 Å². The maximum absolute atomic E-state index is 12.4. The van der Waals surface area contributed by atoms with Gasteiger partial charge in [0, 0.05) is 18.4 Å². The molecule has 0 unspecified atom stereocenters. The summed E-state index contributed by atoms with van der Waals surface area (Å²) >= 11 is 3.35. The molecule has 96 valence electrons. The molecule has 0 heterocycles. The van der Waals surface area contributed by atoms with Crippen LogP contribution in [0, 0.1) is 0 Å². The van der Waals surface area contributed by atoms with Gasteiger partial charge in [-0.15, -0.1) is 0 Å². The average molecular weight is 310 g/mol. The Morgan fingerprint density at radius 2 is 1.76 bits per heavy atom. The molecule has 17 heavy (non-hydrogen) atoms. The lowest BCUT2D eigenvalue weighted by atomic mass is 10.1. The van der Waals surface area contributed by atoms with Gasteiger partial charge in [0.05, 0.1) is 5.56 Å². The van der Waals surface area contributed by atoms with Gasteiger partial charge in [-0.25, -0.2) is 0 Å². The summed E-state index contributed by atoms with van der Waals surface area (Å²) < 4.78 is 37.1. The molecule has 0 bridgehead atoms. The normalized spacial score (nSPS) is 12.1. The Balaban J connectivity index is 2.68. The number of rotatable bonds is 5. The molecular formula is C12H15BrF3N. The number of benzene rings is 1. The molecule has 1 aromatic rings. The first kappa shape index (κ1) is 14.5. The number of hydrogen-bond acceptors (Lipinski definition) is 1. The van der Waals surface area contributed by atoms with Gasteiger partial charge >= 0.3 is 6.18 Å². The van der Waals surface area contributed by atoms with Gasteiger partial charge in [-0.1, -0.05) is 35.0 Å². The van der Waals surface area contributed by atoms with E-state index in [9.17, 15) is 13.2 Å². The summed E-state index contributed by atoms with van der Waals surface area (Å²) in [6.45, 7) is 4.48. The highest BCUT2D eigenvalue weighted by Gasteiger charge is 2.29. The summed E-state index contributed by atoms with van der Waals surface area (Å²) in [5.41, 5.74) is 0.311. The molecule has 1 aromatic carbocycles. The third-order valence-corrected chi connectivity index (χ3v) is 2.89. The molecular weight excluding hydrogens is 295 g/mol. The quantitative estimate of drug-likeness (QED) is 0.745. The van der Waals surface area contributed by atoms with E-state index in [2.05, 4.69) is 20.8 Å². The fraction of sp³-hybridized carbons (Fsp3) is 0.500. The van der Waals surface area contributed by atoms with E-state index >= 15 is 0 Å². The molecule has 0 N–H and O–H groups in total. The summed E-state index contributed by atoms with van der Waals surface area (Å²) in [5, 5.41) is 0.863. The zero-order chi connectivity index (χ0) is 12.9. The maximum atomic E-state index is 12.4. The third kappa shape index (κ3) is 4.68. The summed E-state index contributed by atoms with van der Waals surface area (Å²) in [6, 6.07) is 5.36. The van der Waals surface area contributed by atoms with Gasteiger partial charge in [-0.05, 0) is 24.2 Å². The zero-order valence-corrected chi connectivity index (χ0v) is 11.2. The van der Waals surface area contributed by atoms with Gasteiger partial charge in [0.15, 0.2) is 0 Å². The Hall–Kier alpha value is -0.550. The molecule has 0 amide bonds. The van der Waals surface area contributed by atoms with E-state index in [0.717, 1.165) is 36.1 Å². The van der Waals surface area contributed by atoms with Crippen molar-refractivity contribution in [2.75, 3.05) is 18.4 Å². The summed E-state index contributed by atoms with van der Waals surface area (Å²) in [6.07, 6.45) is -4.25. The second-order valence-corrected chi connectivity index (χ2v) is 4.55. The lowest BCUT2D eigenvalue weighted by Gasteiger charge is -2.19. The van der Waals surface area contributed by atoms with E-state index in [1.165, 1.54) is 0 Å². The second-order valence-electron chi connectivity index (χ2n) is 3.75. The first-order chi connectivity index (χ1) is 7.97. The fourth-order valence-corrected chi connectivity index (χ4v) is 2.03. The van der Waals surface area contributed by atoms with Crippen LogP contribution in [0.5, 0.6) is 0 Å². The van der Waals surface area contributed by atoms with Crippen LogP contribution in [0.2, 0.25) is 0 Å². The molecule has 0 radical (unpaired) electrons. The fourth-order valence-electron chi connectivity index (χ4n) is 1.53. The van der Waals surface area contributed by atoms with E-state index in [1.54, 1.807) is 12.1 Å². The van der Waals surface area contributed by atoms with E-state index in [1.807, 2.05) is 6.92 Å². The molecule has 0 aliphatic rings. The molecule has 0 saturated carbocycles. The molecule has 0 spiro atoms. The summed E-state index contributed by atoms with van der Waals surface area (Å²) in [7, 11) is 0. The second kappa shape index (κ2) is 6.40. The Kier molecular flexibility index (Phi) is 5.46. The predicted octanol–water partition coefficient (Wildman–Crippen LogP) is 3.92. The van der Waals surface area contributed by atoms with Crippen LogP contribution in [0.1, 0.15) is 18.1 Å². The molecule has 1 rings (SSSR count). The van der Waals surface area contributed by atoms with Crippen LogP contribution < -0.4 is 0 Å². The maximum Gasteiger partial charge on any atom is 0.416 e. The Bertz CT molecular complexity index is 335. The van der Waals surface area contributed by atoms with Crippen LogP contribution in [0.15, 0.2) is 24.3 Å². The van der Waals surface area contributed by atoms with E-state index in [-0.39, 0.29) is 0 Å². The molecule has 0 aliphatic carbocycles. The highest BCUT2D eigenvalue weighted by atomic mass is 79.9. The van der Waals surface area contributed by atoms with Crippen LogP contribution in [0.3, 0.4) is 0 Å². The Labute approximate surface area is 108 Å². The minimum absolute atomic E-state index is 0.593. The molecule has 5 heteroatoms. The first-order valence-corrected chi connectivity index (χ1v) is 6.54. The molecule has 0 aromatic heterocycles. The van der Waals surface area contributed by atoms with Crippen LogP contribution in [-0.4, -0.2) is 23.3 Å². The predicted molar refractivity (Wildman–Crippen MR) is 66.2 cm³/mol. The van der Waals surface area contributed by atoms with Crippen LogP contribution in [-0.2, 0) is 12.7 Å². The molecule has 0 aliphatic heterocycles. The number of halogens is 4. The average Bonchev–Trinajstić information content (AvgIpc) is 2.28. The molecule has 1 nitrogen and oxygen atoms in total. The van der Waals surface area contributed by atoms with Crippen molar-refractivity contribution in [3.63, 3.8) is 0 Å². The highest BCUT2D eigenvalue weighted by Crippen LogP contribution is 2.29. The first-order valence-electron chi connectivity index (χ1n) is 5.41. The minimum atomic E-state index is -4.25. The van der Waals surface area contributed by atoms with Crippen LogP contribution in [0.4, 0.5) is 13.2 Å². The minimum Gasteiger partial charge on any atom is -0.299 e. The van der Waals surface area contributed by atoms with Gasteiger partial charge in [0.2, 0.25) is 0 Å². The molecule has 0 atom stereocenters. The lowest BCUT2D eigenvalue weighted by Crippen LogP contribution is -2.24. The van der Waals surface area contributed by atoms with Gasteiger partial charge in [0.25, 0.3) is 0 Å². The standard InChI is InChI=1S/C12H15BrF3N/c1-2-17(8-7-13)9-10-3-5-11(6-4-10)12(14,15)16/h3-6H,2,7-9H2,1H3. The molecule has 0 fully saturated rings. The van der Waals surface area contributed by atoms with Crippen molar-refractivity contribution in [2.24, 2.45) is 0 Å². The van der Waals surface area contributed by atoms with Crippen molar-refractivity contribution in [1.82, 2.24) is 4.90 Å². The van der Waals surface area contributed by atoms with Crippen molar-refractivity contribution in [2.45, 2.75) is 19.6 Å². The Morgan fingerprint density at radius 1 is 1.18 bits per heavy atom. The highest BCUT2D eigenvalue weighted by molar-refractivity contribution is 9.09. The number of alkyl halides is 4. The lowest BCUT2D eigenvalue weighted by molar-refractivity contribution is -0.137. The number of nitrogens with zero attached hydrogens (tertiary/aromatic N) is 1. The summed E-state index contributed by atoms with van der Waals surface area (Å²) in [5.74, 6) is 0. The Morgan fingerprint density at radius 3 is 2.18 bits per heavy atom. The van der Waals surface area contributed by atoms with Crippen molar-refractivity contribution in [3.05, 3.63) is 35.4 Å².